The van der Waals surface area contributed by atoms with Crippen LogP contribution in [0.3, 0.4) is 0 Å². The summed E-state index contributed by atoms with van der Waals surface area (Å²) >= 11 is 0. The molecule has 0 unspecified atom stereocenters. The minimum absolute atomic E-state index is 0.128. The van der Waals surface area contributed by atoms with Gasteiger partial charge in [-0.2, -0.15) is 8.96 Å². The third-order valence-corrected chi connectivity index (χ3v) is 5.47. The first kappa shape index (κ1) is 13.9. The Morgan fingerprint density at radius 1 is 1.11 bits per heavy atom. The molecule has 2 aromatic rings. The highest BCUT2D eigenvalue weighted by molar-refractivity contribution is 6.88. The fourth-order valence-corrected chi connectivity index (χ4v) is 3.39. The molecule has 0 radical (unpaired) electrons. The molecule has 0 saturated heterocycles. The zero-order valence-corrected chi connectivity index (χ0v) is 13.3. The van der Waals surface area contributed by atoms with Gasteiger partial charge in [0.15, 0.2) is 12.0 Å². The number of aryl methyl sites for hydroxylation is 2. The van der Waals surface area contributed by atoms with Gasteiger partial charge in [-0.05, 0) is 24.6 Å². The quantitative estimate of drug-likeness (QED) is 0.585. The minimum Gasteiger partial charge on any atom is -0.200 e. The van der Waals surface area contributed by atoms with Crippen LogP contribution in [0.4, 0.5) is 4.39 Å². The van der Waals surface area contributed by atoms with E-state index in [1.807, 2.05) is 42.8 Å². The topological polar surface area (TPSA) is 3.88 Å². The summed E-state index contributed by atoms with van der Waals surface area (Å²) in [6, 6.07) is 9.64. The number of rotatable bonds is 2. The lowest BCUT2D eigenvalue weighted by molar-refractivity contribution is -0.660. The van der Waals surface area contributed by atoms with Crippen LogP contribution in [-0.2, 0) is 7.05 Å². The predicted molar refractivity (Wildman–Crippen MR) is 80.7 cm³/mol. The van der Waals surface area contributed by atoms with Crippen LogP contribution in [0.25, 0.3) is 11.3 Å². The van der Waals surface area contributed by atoms with Crippen molar-refractivity contribution < 1.29 is 8.96 Å². The normalized spacial score (nSPS) is 11.7. The Hall–Kier alpha value is -1.48. The average molecular weight is 274 g/mol. The molecule has 0 aliphatic carbocycles. The molecule has 2 rings (SSSR count). The molecule has 0 fully saturated rings. The van der Waals surface area contributed by atoms with Crippen molar-refractivity contribution in [2.75, 3.05) is 0 Å². The van der Waals surface area contributed by atoms with Crippen molar-refractivity contribution in [1.29, 1.82) is 0 Å². The second kappa shape index (κ2) is 4.89. The van der Waals surface area contributed by atoms with Gasteiger partial charge in [-0.15, -0.1) is 0 Å². The second-order valence-electron chi connectivity index (χ2n) is 6.10. The third-order valence-electron chi connectivity index (χ3n) is 3.46. The van der Waals surface area contributed by atoms with Gasteiger partial charge >= 0.3 is 0 Å². The van der Waals surface area contributed by atoms with E-state index in [-0.39, 0.29) is 5.82 Å². The van der Waals surface area contributed by atoms with Gasteiger partial charge in [0, 0.05) is 5.19 Å². The van der Waals surface area contributed by atoms with Crippen molar-refractivity contribution in [3.63, 3.8) is 0 Å². The monoisotopic (exact) mass is 274 g/mol. The number of hydrogen-bond donors (Lipinski definition) is 0. The van der Waals surface area contributed by atoms with Crippen molar-refractivity contribution in [3.05, 3.63) is 47.9 Å². The molecule has 0 aliphatic rings. The van der Waals surface area contributed by atoms with Gasteiger partial charge in [0.05, 0.1) is 13.6 Å². The molecular formula is C16H21FNSi+. The first-order chi connectivity index (χ1) is 8.80. The van der Waals surface area contributed by atoms with Gasteiger partial charge in [0.1, 0.15) is 7.05 Å². The maximum atomic E-state index is 14.5. The number of benzene rings is 1. The zero-order valence-electron chi connectivity index (χ0n) is 12.3. The summed E-state index contributed by atoms with van der Waals surface area (Å²) in [4.78, 5) is 0. The Morgan fingerprint density at radius 3 is 2.26 bits per heavy atom. The van der Waals surface area contributed by atoms with Crippen LogP contribution in [-0.4, -0.2) is 8.07 Å². The van der Waals surface area contributed by atoms with Gasteiger partial charge in [0.25, 0.3) is 0 Å². The predicted octanol–water partition coefficient (Wildman–Crippen LogP) is 3.17. The summed E-state index contributed by atoms with van der Waals surface area (Å²) < 4.78 is 16.4. The second-order valence-corrected chi connectivity index (χ2v) is 11.2. The molecule has 3 heteroatoms. The number of halogens is 1. The van der Waals surface area contributed by atoms with E-state index in [1.165, 1.54) is 0 Å². The molecule has 1 aromatic heterocycles. The van der Waals surface area contributed by atoms with Crippen molar-refractivity contribution in [2.45, 2.75) is 26.6 Å². The molecule has 0 N–H and O–H groups in total. The molecule has 0 amide bonds. The molecule has 1 aromatic carbocycles. The Kier molecular flexibility index (Phi) is 3.59. The molecule has 0 saturated carbocycles. The van der Waals surface area contributed by atoms with E-state index in [1.54, 1.807) is 6.07 Å². The largest absolute Gasteiger partial charge is 0.248 e. The Labute approximate surface area is 115 Å². The van der Waals surface area contributed by atoms with Crippen molar-refractivity contribution in [3.8, 4) is 11.3 Å². The van der Waals surface area contributed by atoms with E-state index in [0.717, 1.165) is 16.3 Å². The van der Waals surface area contributed by atoms with Crippen molar-refractivity contribution in [2.24, 2.45) is 7.05 Å². The van der Waals surface area contributed by atoms with E-state index < -0.39 is 8.07 Å². The molecule has 19 heavy (non-hydrogen) atoms. The average Bonchev–Trinajstić information content (AvgIpc) is 2.29. The number of pyridine rings is 1. The number of aromatic nitrogens is 1. The molecule has 1 heterocycles. The van der Waals surface area contributed by atoms with Crippen LogP contribution >= 0.6 is 0 Å². The van der Waals surface area contributed by atoms with Crippen LogP contribution < -0.4 is 9.75 Å². The van der Waals surface area contributed by atoms with Crippen LogP contribution in [0.5, 0.6) is 0 Å². The third kappa shape index (κ3) is 2.76. The van der Waals surface area contributed by atoms with Gasteiger partial charge in [0.2, 0.25) is 5.69 Å². The molecule has 0 bridgehead atoms. The van der Waals surface area contributed by atoms with Gasteiger partial charge < -0.3 is 0 Å². The molecule has 100 valence electrons. The number of hydrogen-bond acceptors (Lipinski definition) is 0. The fourth-order valence-electron chi connectivity index (χ4n) is 2.25. The summed E-state index contributed by atoms with van der Waals surface area (Å²) in [5.74, 6) is -0.128. The summed E-state index contributed by atoms with van der Waals surface area (Å²) in [5.41, 5.74) is 2.72. The summed E-state index contributed by atoms with van der Waals surface area (Å²) in [6.07, 6.45) is 2.08. The Morgan fingerprint density at radius 2 is 1.74 bits per heavy atom. The van der Waals surface area contributed by atoms with Crippen molar-refractivity contribution in [1.82, 2.24) is 0 Å². The minimum atomic E-state index is -1.49. The highest BCUT2D eigenvalue weighted by Crippen LogP contribution is 2.22. The first-order valence-corrected chi connectivity index (χ1v) is 10.1. The standard InChI is InChI=1S/C16H21FNSi/c1-12-8-6-7-9-14(12)16-15(17)10-13(11-18(16)2)19(3,4)5/h6-11H,1-5H3/q+1. The van der Waals surface area contributed by atoms with E-state index in [9.17, 15) is 4.39 Å². The Bertz CT molecular complexity index is 591. The van der Waals surface area contributed by atoms with Crippen molar-refractivity contribution >= 4 is 13.3 Å². The van der Waals surface area contributed by atoms with Gasteiger partial charge in [-0.1, -0.05) is 37.8 Å². The number of nitrogens with zero attached hydrogens (tertiary/aromatic N) is 1. The van der Waals surface area contributed by atoms with Gasteiger partial charge in [-0.3, -0.25) is 0 Å². The summed E-state index contributed by atoms with van der Waals surface area (Å²) in [5, 5.41) is 1.14. The highest BCUT2D eigenvalue weighted by Gasteiger charge is 2.25. The molecule has 0 aliphatic heterocycles. The van der Waals surface area contributed by atoms with Gasteiger partial charge in [-0.25, -0.2) is 0 Å². The molecule has 0 atom stereocenters. The molecule has 1 nitrogen and oxygen atoms in total. The van der Waals surface area contributed by atoms with E-state index in [2.05, 4.69) is 25.8 Å². The summed E-state index contributed by atoms with van der Waals surface area (Å²) in [6.45, 7) is 8.71. The van der Waals surface area contributed by atoms with E-state index in [0.29, 0.717) is 5.69 Å². The van der Waals surface area contributed by atoms with Crippen LogP contribution in [0.15, 0.2) is 36.5 Å². The van der Waals surface area contributed by atoms with Crippen LogP contribution in [0.1, 0.15) is 5.56 Å². The SMILES string of the molecule is Cc1ccccc1-c1c(F)cc([Si](C)(C)C)c[n+]1C. The summed E-state index contributed by atoms with van der Waals surface area (Å²) in [7, 11) is 0.431. The lowest BCUT2D eigenvalue weighted by Gasteiger charge is -2.16. The highest BCUT2D eigenvalue weighted by atomic mass is 28.3. The fraction of sp³-hybridized carbons (Fsp3) is 0.312. The maximum absolute atomic E-state index is 14.5. The smallest absolute Gasteiger partial charge is 0.200 e. The van der Waals surface area contributed by atoms with E-state index in [4.69, 9.17) is 0 Å². The van der Waals surface area contributed by atoms with Crippen LogP contribution in [0.2, 0.25) is 19.6 Å². The first-order valence-electron chi connectivity index (χ1n) is 6.56. The molecular weight excluding hydrogens is 253 g/mol. The Balaban J connectivity index is 2.65. The van der Waals surface area contributed by atoms with E-state index >= 15 is 0 Å². The lowest BCUT2D eigenvalue weighted by Crippen LogP contribution is -2.46. The van der Waals surface area contributed by atoms with Crippen LogP contribution in [0, 0.1) is 12.7 Å². The zero-order chi connectivity index (χ0) is 14.2. The maximum Gasteiger partial charge on any atom is 0.248 e. The lowest BCUT2D eigenvalue weighted by atomic mass is 10.0. The molecule has 0 spiro atoms.